The summed E-state index contributed by atoms with van der Waals surface area (Å²) in [6.45, 7) is 2.28. The normalized spacial score (nSPS) is 15.9. The molecule has 0 amide bonds. The summed E-state index contributed by atoms with van der Waals surface area (Å²) in [6.07, 6.45) is 3.04. The quantitative estimate of drug-likeness (QED) is 0.178. The molecule has 1 aliphatic rings. The van der Waals surface area contributed by atoms with Gasteiger partial charge < -0.3 is 8.98 Å². The SMILES string of the molecule is C[C@@H]1C/C=C(\c2cc3oc4ccccc4c3cc2-n2c3ccccc3c3cc4ccccc4cc32)N=C(c2ccccc2)N=C1n1c2ccccc2c2ccccc21. The fraction of sp³-hybridized carbons (Fsp3) is 0.0566. The molecule has 0 N–H and O–H groups in total. The minimum atomic E-state index is 0.0569. The van der Waals surface area contributed by atoms with Gasteiger partial charge in [-0.2, -0.15) is 0 Å². The second-order valence-electron chi connectivity index (χ2n) is 15.4. The number of para-hydroxylation sites is 4. The molecule has 5 nitrogen and oxygen atoms in total. The van der Waals surface area contributed by atoms with Crippen LogP contribution < -0.4 is 0 Å². The lowest BCUT2D eigenvalue weighted by atomic mass is 9.99. The highest BCUT2D eigenvalue weighted by Gasteiger charge is 2.25. The largest absolute Gasteiger partial charge is 0.456 e. The number of amidine groups is 1. The van der Waals surface area contributed by atoms with Gasteiger partial charge in [0.05, 0.1) is 33.5 Å². The van der Waals surface area contributed by atoms with Crippen LogP contribution in [0.25, 0.3) is 87.7 Å². The summed E-state index contributed by atoms with van der Waals surface area (Å²) in [5, 5.41) is 9.43. The van der Waals surface area contributed by atoms with E-state index in [1.165, 1.54) is 32.3 Å². The molecule has 1 aliphatic heterocycles. The van der Waals surface area contributed by atoms with Crippen LogP contribution in [0.2, 0.25) is 0 Å². The number of hydrogen-bond acceptors (Lipinski definition) is 3. The lowest BCUT2D eigenvalue weighted by molar-refractivity contribution is 0.668. The number of aliphatic imine (C=N–C) groups is 2. The van der Waals surface area contributed by atoms with Gasteiger partial charge in [0.15, 0.2) is 5.84 Å². The summed E-state index contributed by atoms with van der Waals surface area (Å²) in [5.74, 6) is 1.69. The first-order chi connectivity index (χ1) is 28.7. The van der Waals surface area contributed by atoms with Crippen molar-refractivity contribution < 1.29 is 4.42 Å². The van der Waals surface area contributed by atoms with Gasteiger partial charge in [0.2, 0.25) is 0 Å². The van der Waals surface area contributed by atoms with Crippen molar-refractivity contribution in [2.24, 2.45) is 15.9 Å². The van der Waals surface area contributed by atoms with Gasteiger partial charge in [0, 0.05) is 49.4 Å². The van der Waals surface area contributed by atoms with Gasteiger partial charge in [-0.3, -0.25) is 4.57 Å². The summed E-state index contributed by atoms with van der Waals surface area (Å²) in [4.78, 5) is 11.2. The standard InChI is InChI=1S/C53H36N4O/c1-33-27-28-44(54-52(34-15-3-2-4-16-34)55-53(33)57-46-24-12-7-19-37(46)38-20-8-13-25-47(38)57)43-32-51-42(40-22-10-14-26-50(40)58-51)31-49(43)56-45-23-11-9-21-39(45)41-29-35-17-5-6-18-36(35)30-48(41)56/h2-26,28-33H,27H2,1H3/b44-28+,54-52?,55-53?/t33-/m1/s1. The van der Waals surface area contributed by atoms with Crippen molar-refractivity contribution in [3.05, 3.63) is 193 Å². The van der Waals surface area contributed by atoms with E-state index in [4.69, 9.17) is 14.4 Å². The van der Waals surface area contributed by atoms with Gasteiger partial charge >= 0.3 is 0 Å². The van der Waals surface area contributed by atoms with E-state index in [0.29, 0.717) is 5.84 Å². The Labute approximate surface area is 334 Å². The third-order valence-electron chi connectivity index (χ3n) is 11.9. The second kappa shape index (κ2) is 12.8. The van der Waals surface area contributed by atoms with Crippen LogP contribution in [0.15, 0.2) is 196 Å². The maximum Gasteiger partial charge on any atom is 0.161 e. The first kappa shape index (κ1) is 32.7. The van der Waals surface area contributed by atoms with E-state index in [1.807, 2.05) is 12.1 Å². The summed E-state index contributed by atoms with van der Waals surface area (Å²) in [7, 11) is 0. The highest BCUT2D eigenvalue weighted by molar-refractivity contribution is 6.19. The topological polar surface area (TPSA) is 47.7 Å². The van der Waals surface area contributed by atoms with Gasteiger partial charge in [-0.15, -0.1) is 0 Å². The number of hydrogen-bond donors (Lipinski definition) is 0. The molecule has 11 aromatic rings. The Hall–Kier alpha value is -7.50. The van der Waals surface area contributed by atoms with Crippen molar-refractivity contribution in [2.75, 3.05) is 0 Å². The number of rotatable bonds is 3. The monoisotopic (exact) mass is 744 g/mol. The van der Waals surface area contributed by atoms with Gasteiger partial charge in [-0.1, -0.05) is 140 Å². The Morgan fingerprint density at radius 1 is 0.483 bits per heavy atom. The third kappa shape index (κ3) is 4.96. The third-order valence-corrected chi connectivity index (χ3v) is 11.9. The number of allylic oxidation sites excluding steroid dienone is 1. The van der Waals surface area contributed by atoms with Crippen LogP contribution >= 0.6 is 0 Å². The van der Waals surface area contributed by atoms with Gasteiger partial charge in [-0.25, -0.2) is 9.98 Å². The zero-order chi connectivity index (χ0) is 38.3. The molecule has 8 aromatic carbocycles. The lowest BCUT2D eigenvalue weighted by Crippen LogP contribution is -2.23. The first-order valence-corrected chi connectivity index (χ1v) is 20.0. The highest BCUT2D eigenvalue weighted by atomic mass is 16.3. The lowest BCUT2D eigenvalue weighted by Gasteiger charge is -2.21. The molecule has 0 saturated heterocycles. The maximum absolute atomic E-state index is 6.61. The van der Waals surface area contributed by atoms with E-state index >= 15 is 0 Å². The number of nitrogens with zero attached hydrogens (tertiary/aromatic N) is 4. The van der Waals surface area contributed by atoms with Crippen LogP contribution in [0, 0.1) is 5.92 Å². The van der Waals surface area contributed by atoms with E-state index in [0.717, 1.165) is 78.8 Å². The first-order valence-electron chi connectivity index (χ1n) is 20.0. The fourth-order valence-electron chi connectivity index (χ4n) is 9.19. The maximum atomic E-state index is 6.61. The van der Waals surface area contributed by atoms with Crippen LogP contribution in [0.3, 0.4) is 0 Å². The van der Waals surface area contributed by atoms with E-state index < -0.39 is 0 Å². The molecule has 0 fully saturated rings. The summed E-state index contributed by atoms with van der Waals surface area (Å²) < 4.78 is 11.4. The van der Waals surface area contributed by atoms with Gasteiger partial charge in [0.25, 0.3) is 0 Å². The molecule has 1 atom stereocenters. The number of fused-ring (bicyclic) bond motifs is 10. The Morgan fingerprint density at radius 3 is 1.79 bits per heavy atom. The zero-order valence-electron chi connectivity index (χ0n) is 31.8. The zero-order valence-corrected chi connectivity index (χ0v) is 31.8. The molecular weight excluding hydrogens is 709 g/mol. The van der Waals surface area contributed by atoms with Crippen LogP contribution in [0.4, 0.5) is 0 Å². The molecule has 12 rings (SSSR count). The molecule has 0 spiro atoms. The molecule has 4 heterocycles. The predicted octanol–water partition coefficient (Wildman–Crippen LogP) is 13.7. The van der Waals surface area contributed by atoms with Crippen molar-refractivity contribution in [1.29, 1.82) is 0 Å². The predicted molar refractivity (Wildman–Crippen MR) is 243 cm³/mol. The van der Waals surface area contributed by atoms with Gasteiger partial charge in [0.1, 0.15) is 17.0 Å². The Morgan fingerprint density at radius 2 is 1.07 bits per heavy atom. The minimum Gasteiger partial charge on any atom is -0.456 e. The Balaban J connectivity index is 1.16. The van der Waals surface area contributed by atoms with E-state index in [9.17, 15) is 0 Å². The van der Waals surface area contributed by atoms with E-state index in [1.54, 1.807) is 0 Å². The summed E-state index contributed by atoms with van der Waals surface area (Å²) in [5.41, 5.74) is 10.1. The molecule has 274 valence electrons. The fourth-order valence-corrected chi connectivity index (χ4v) is 9.19. The van der Waals surface area contributed by atoms with Crippen LogP contribution in [-0.4, -0.2) is 20.8 Å². The molecular formula is C53H36N4O. The van der Waals surface area contributed by atoms with Crippen LogP contribution in [0.1, 0.15) is 24.5 Å². The van der Waals surface area contributed by atoms with Crippen molar-refractivity contribution in [1.82, 2.24) is 9.13 Å². The molecule has 0 radical (unpaired) electrons. The number of benzene rings is 8. The van der Waals surface area contributed by atoms with Crippen molar-refractivity contribution in [3.8, 4) is 5.69 Å². The van der Waals surface area contributed by atoms with Crippen molar-refractivity contribution in [2.45, 2.75) is 13.3 Å². The molecule has 3 aromatic heterocycles. The van der Waals surface area contributed by atoms with Crippen LogP contribution in [-0.2, 0) is 0 Å². The molecule has 0 bridgehead atoms. The minimum absolute atomic E-state index is 0.0569. The van der Waals surface area contributed by atoms with Crippen molar-refractivity contribution >= 4 is 93.7 Å². The molecule has 0 unspecified atom stereocenters. The average Bonchev–Trinajstić information content (AvgIpc) is 3.91. The second-order valence-corrected chi connectivity index (χ2v) is 15.4. The van der Waals surface area contributed by atoms with E-state index in [2.05, 4.69) is 186 Å². The molecule has 58 heavy (non-hydrogen) atoms. The van der Waals surface area contributed by atoms with Crippen molar-refractivity contribution in [3.63, 3.8) is 0 Å². The molecule has 0 aliphatic carbocycles. The van der Waals surface area contributed by atoms with Gasteiger partial charge in [-0.05, 0) is 65.7 Å². The highest BCUT2D eigenvalue weighted by Crippen LogP contribution is 2.41. The Kier molecular flexibility index (Phi) is 7.20. The average molecular weight is 745 g/mol. The van der Waals surface area contributed by atoms with E-state index in [-0.39, 0.29) is 5.92 Å². The molecule has 0 saturated carbocycles. The van der Waals surface area contributed by atoms with Crippen LogP contribution in [0.5, 0.6) is 0 Å². The number of furan rings is 1. The number of aromatic nitrogens is 2. The Bertz CT molecular complexity index is 3500. The summed E-state index contributed by atoms with van der Waals surface area (Å²) in [6, 6.07) is 62.5. The molecule has 5 heteroatoms. The summed E-state index contributed by atoms with van der Waals surface area (Å²) >= 11 is 0. The smallest absolute Gasteiger partial charge is 0.161 e.